The molecule has 3 heterocycles. The van der Waals surface area contributed by atoms with Crippen molar-refractivity contribution in [3.63, 3.8) is 0 Å². The van der Waals surface area contributed by atoms with E-state index in [2.05, 4.69) is 29.2 Å². The Balaban J connectivity index is 1.44. The smallest absolute Gasteiger partial charge is 0.407 e. The maximum absolute atomic E-state index is 12.9. The molecular formula is C23H33N5O4Si. The topological polar surface area (TPSA) is 91.1 Å². The highest BCUT2D eigenvalue weighted by atomic mass is 28.3. The third-order valence-corrected chi connectivity index (χ3v) is 8.07. The second-order valence-electron chi connectivity index (χ2n) is 9.98. The molecule has 2 aliphatic rings. The number of carbonyl (C=O) groups excluding carboxylic acids is 1. The summed E-state index contributed by atoms with van der Waals surface area (Å²) in [5.74, 6) is 0.900. The van der Waals surface area contributed by atoms with Crippen LogP contribution in [-0.4, -0.2) is 83.5 Å². The number of carboxylic acid groups (broad SMARTS) is 1. The van der Waals surface area contributed by atoms with E-state index in [0.717, 1.165) is 35.4 Å². The highest BCUT2D eigenvalue weighted by molar-refractivity contribution is 6.76. The quantitative estimate of drug-likeness (QED) is 0.490. The predicted molar refractivity (Wildman–Crippen MR) is 129 cm³/mol. The molecule has 0 saturated carbocycles. The average molecular weight is 472 g/mol. The number of hydrogen-bond acceptors (Lipinski definition) is 4. The molecule has 3 amide bonds. The van der Waals surface area contributed by atoms with Crippen molar-refractivity contribution in [3.05, 3.63) is 36.3 Å². The van der Waals surface area contributed by atoms with Gasteiger partial charge < -0.3 is 24.2 Å². The van der Waals surface area contributed by atoms with Crippen LogP contribution in [0, 0.1) is 6.92 Å². The third kappa shape index (κ3) is 5.06. The van der Waals surface area contributed by atoms with Crippen molar-refractivity contribution in [3.8, 4) is 11.3 Å². The zero-order chi connectivity index (χ0) is 23.8. The van der Waals surface area contributed by atoms with Crippen LogP contribution in [0.5, 0.6) is 0 Å². The molecule has 1 atom stereocenters. The number of fused-ring (bicyclic) bond motifs is 1. The number of piperazine rings is 1. The standard InChI is InChI=1S/C23H33N5O4Si/c1-17-24-13-21(28(17)16-32-11-12-33(2,3)4)18-5-7-19(8-6-18)27-15-20-14-25(23(30)31)9-10-26(20)22(27)29/h5-8,13,20H,9-12,14-16H2,1-4H3,(H,30,31). The first-order valence-electron chi connectivity index (χ1n) is 11.4. The van der Waals surface area contributed by atoms with E-state index in [1.165, 1.54) is 4.90 Å². The molecule has 0 spiro atoms. The highest BCUT2D eigenvalue weighted by Gasteiger charge is 2.42. The van der Waals surface area contributed by atoms with E-state index in [1.54, 1.807) is 9.80 Å². The van der Waals surface area contributed by atoms with Gasteiger partial charge in [0.15, 0.2) is 0 Å². The van der Waals surface area contributed by atoms with Gasteiger partial charge in [0.05, 0.1) is 17.9 Å². The SMILES string of the molecule is Cc1ncc(-c2ccc(N3CC4CN(C(=O)O)CCN4C3=O)cc2)n1COCC[Si](C)(C)C. The van der Waals surface area contributed by atoms with E-state index < -0.39 is 14.2 Å². The Morgan fingerprint density at radius 2 is 1.91 bits per heavy atom. The van der Waals surface area contributed by atoms with Gasteiger partial charge in [0.1, 0.15) is 12.6 Å². The molecule has 0 aliphatic carbocycles. The summed E-state index contributed by atoms with van der Waals surface area (Å²) in [5, 5.41) is 9.27. The second-order valence-corrected chi connectivity index (χ2v) is 15.6. The molecule has 33 heavy (non-hydrogen) atoms. The fraction of sp³-hybridized carbons (Fsp3) is 0.522. The van der Waals surface area contributed by atoms with E-state index in [1.807, 2.05) is 37.4 Å². The summed E-state index contributed by atoms with van der Waals surface area (Å²) in [7, 11) is -1.13. The van der Waals surface area contributed by atoms with Crippen molar-refractivity contribution >= 4 is 25.9 Å². The Morgan fingerprint density at radius 3 is 2.58 bits per heavy atom. The number of amides is 3. The molecule has 4 rings (SSSR count). The van der Waals surface area contributed by atoms with E-state index in [-0.39, 0.29) is 12.1 Å². The maximum atomic E-state index is 12.9. The monoisotopic (exact) mass is 471 g/mol. The van der Waals surface area contributed by atoms with Crippen LogP contribution in [0.2, 0.25) is 25.7 Å². The van der Waals surface area contributed by atoms with Gasteiger partial charge in [-0.3, -0.25) is 4.90 Å². The normalized spacial score (nSPS) is 18.7. The lowest BCUT2D eigenvalue weighted by atomic mass is 10.1. The van der Waals surface area contributed by atoms with Gasteiger partial charge in [0.25, 0.3) is 0 Å². The number of benzene rings is 1. The van der Waals surface area contributed by atoms with E-state index in [9.17, 15) is 14.7 Å². The molecule has 178 valence electrons. The van der Waals surface area contributed by atoms with Crippen LogP contribution < -0.4 is 4.90 Å². The van der Waals surface area contributed by atoms with Gasteiger partial charge in [0, 0.05) is 46.5 Å². The first-order chi connectivity index (χ1) is 15.6. The van der Waals surface area contributed by atoms with Crippen LogP contribution in [0.1, 0.15) is 5.82 Å². The molecule has 0 radical (unpaired) electrons. The molecule has 1 N–H and O–H groups in total. The van der Waals surface area contributed by atoms with Gasteiger partial charge in [-0.1, -0.05) is 31.8 Å². The number of imidazole rings is 1. The van der Waals surface area contributed by atoms with Crippen molar-refractivity contribution < 1.29 is 19.4 Å². The molecule has 2 fully saturated rings. The fourth-order valence-corrected chi connectivity index (χ4v) is 5.06. The molecule has 1 aromatic carbocycles. The molecule has 1 aromatic heterocycles. The molecule has 10 heteroatoms. The summed E-state index contributed by atoms with van der Waals surface area (Å²) in [6.07, 6.45) is 0.926. The molecule has 2 aromatic rings. The summed E-state index contributed by atoms with van der Waals surface area (Å²) < 4.78 is 8.02. The highest BCUT2D eigenvalue weighted by Crippen LogP contribution is 2.29. The van der Waals surface area contributed by atoms with Gasteiger partial charge >= 0.3 is 12.1 Å². The zero-order valence-electron chi connectivity index (χ0n) is 19.8. The number of urea groups is 1. The van der Waals surface area contributed by atoms with Crippen molar-refractivity contribution in [1.82, 2.24) is 19.4 Å². The molecule has 0 bridgehead atoms. The lowest BCUT2D eigenvalue weighted by molar-refractivity contribution is 0.0868. The fourth-order valence-electron chi connectivity index (χ4n) is 4.30. The minimum Gasteiger partial charge on any atom is -0.465 e. The number of nitrogens with zero attached hydrogens (tertiary/aromatic N) is 5. The predicted octanol–water partition coefficient (Wildman–Crippen LogP) is 3.78. The lowest BCUT2D eigenvalue weighted by Crippen LogP contribution is -2.53. The Hall–Kier alpha value is -2.85. The molecule has 1 unspecified atom stereocenters. The number of hydrogen-bond donors (Lipinski definition) is 1. The molecule has 9 nitrogen and oxygen atoms in total. The number of aryl methyl sites for hydroxylation is 1. The molecular weight excluding hydrogens is 438 g/mol. The van der Waals surface area contributed by atoms with Gasteiger partial charge in [-0.25, -0.2) is 14.6 Å². The zero-order valence-corrected chi connectivity index (χ0v) is 20.8. The molecule has 2 saturated heterocycles. The Morgan fingerprint density at radius 1 is 1.18 bits per heavy atom. The summed E-state index contributed by atoms with van der Waals surface area (Å²) in [5.41, 5.74) is 2.80. The minimum atomic E-state index is -1.13. The first-order valence-corrected chi connectivity index (χ1v) is 15.1. The second kappa shape index (κ2) is 9.18. The van der Waals surface area contributed by atoms with Gasteiger partial charge in [-0.15, -0.1) is 0 Å². The van der Waals surface area contributed by atoms with Crippen molar-refractivity contribution in [2.75, 3.05) is 37.7 Å². The van der Waals surface area contributed by atoms with Crippen LogP contribution in [0.4, 0.5) is 15.3 Å². The van der Waals surface area contributed by atoms with Crippen LogP contribution in [0.15, 0.2) is 30.5 Å². The summed E-state index contributed by atoms with van der Waals surface area (Å²) in [6, 6.07) is 8.83. The number of aromatic nitrogens is 2. The van der Waals surface area contributed by atoms with E-state index in [4.69, 9.17) is 4.74 Å². The van der Waals surface area contributed by atoms with Crippen molar-refractivity contribution in [2.24, 2.45) is 0 Å². The van der Waals surface area contributed by atoms with Crippen LogP contribution >= 0.6 is 0 Å². The van der Waals surface area contributed by atoms with Gasteiger partial charge in [0.2, 0.25) is 0 Å². The average Bonchev–Trinajstić information content (AvgIpc) is 3.30. The Labute approximate surface area is 195 Å². The van der Waals surface area contributed by atoms with E-state index in [0.29, 0.717) is 32.9 Å². The summed E-state index contributed by atoms with van der Waals surface area (Å²) in [4.78, 5) is 33.6. The number of anilines is 1. The van der Waals surface area contributed by atoms with Gasteiger partial charge in [-0.05, 0) is 30.7 Å². The minimum absolute atomic E-state index is 0.0607. The van der Waals surface area contributed by atoms with Gasteiger partial charge in [-0.2, -0.15) is 0 Å². The number of carbonyl (C=O) groups is 2. The van der Waals surface area contributed by atoms with Crippen LogP contribution in [-0.2, 0) is 11.5 Å². The van der Waals surface area contributed by atoms with Crippen LogP contribution in [0.25, 0.3) is 11.3 Å². The Bertz CT molecular complexity index is 1020. The molecule has 2 aliphatic heterocycles. The van der Waals surface area contributed by atoms with Crippen molar-refractivity contribution in [2.45, 2.75) is 45.4 Å². The lowest BCUT2D eigenvalue weighted by Gasteiger charge is -2.34. The number of ether oxygens (including phenoxy) is 1. The summed E-state index contributed by atoms with van der Waals surface area (Å²) >= 11 is 0. The Kier molecular flexibility index (Phi) is 6.49. The largest absolute Gasteiger partial charge is 0.465 e. The maximum Gasteiger partial charge on any atom is 0.407 e. The third-order valence-electron chi connectivity index (χ3n) is 6.37. The van der Waals surface area contributed by atoms with Crippen molar-refractivity contribution in [1.29, 1.82) is 0 Å². The first kappa shape index (κ1) is 23.3. The van der Waals surface area contributed by atoms with Crippen LogP contribution in [0.3, 0.4) is 0 Å². The summed E-state index contributed by atoms with van der Waals surface area (Å²) in [6.45, 7) is 11.8. The number of rotatable bonds is 7. The van der Waals surface area contributed by atoms with E-state index >= 15 is 0 Å².